The third-order valence-electron chi connectivity index (χ3n) is 3.79. The van der Waals surface area contributed by atoms with Crippen LogP contribution in [0.1, 0.15) is 34.7 Å². The third-order valence-corrected chi connectivity index (χ3v) is 5.03. The maximum atomic E-state index is 9.66. The zero-order valence-electron chi connectivity index (χ0n) is 11.8. The van der Waals surface area contributed by atoms with E-state index in [1.165, 1.54) is 22.3 Å². The quantitative estimate of drug-likeness (QED) is 0.585. The molecule has 2 aromatic rings. The number of alkyl halides is 1. The Morgan fingerprint density at radius 3 is 1.89 bits per heavy atom. The van der Waals surface area contributed by atoms with Crippen molar-refractivity contribution in [1.29, 1.82) is 0 Å². The summed E-state index contributed by atoms with van der Waals surface area (Å²) in [5, 5.41) is 9.66. The lowest BCUT2D eigenvalue weighted by molar-refractivity contribution is 0.470. The van der Waals surface area contributed by atoms with Gasteiger partial charge in [0, 0.05) is 0 Å². The molecule has 0 bridgehead atoms. The molecule has 0 aliphatic carbocycles. The molecule has 19 heavy (non-hydrogen) atoms. The van der Waals surface area contributed by atoms with E-state index in [0.717, 1.165) is 5.56 Å². The van der Waals surface area contributed by atoms with Crippen molar-refractivity contribution in [3.8, 4) is 5.75 Å². The van der Waals surface area contributed by atoms with Crippen LogP contribution in [0.4, 0.5) is 0 Å². The Hall–Kier alpha value is -1.03. The highest BCUT2D eigenvalue weighted by atomic mass is 127. The van der Waals surface area contributed by atoms with Gasteiger partial charge in [-0.3, -0.25) is 0 Å². The number of rotatable bonds is 2. The van der Waals surface area contributed by atoms with E-state index in [1.807, 2.05) is 13.0 Å². The van der Waals surface area contributed by atoms with Gasteiger partial charge in [0.15, 0.2) is 0 Å². The lowest BCUT2D eigenvalue weighted by Crippen LogP contribution is -2.15. The molecule has 1 nitrogen and oxygen atoms in total. The molecule has 1 atom stereocenters. The molecule has 2 rings (SSSR count). The molecule has 100 valence electrons. The normalized spacial score (nSPS) is 14.2. The van der Waals surface area contributed by atoms with Gasteiger partial charge in [0.25, 0.3) is 0 Å². The largest absolute Gasteiger partial charge is 0.508 e. The fourth-order valence-corrected chi connectivity index (χ4v) is 2.82. The minimum atomic E-state index is -0.0886. The molecular weight excluding hydrogens is 347 g/mol. The van der Waals surface area contributed by atoms with Crippen LogP contribution in [0.3, 0.4) is 0 Å². The zero-order chi connectivity index (χ0) is 14.2. The highest BCUT2D eigenvalue weighted by Crippen LogP contribution is 2.40. The molecule has 0 saturated heterocycles. The standard InChI is InChI=1S/C17H19IO/c1-11-5-6-14(9-12(11)2)17(4,18)15-7-8-16(19)13(3)10-15/h5-10,19H,1-4H3. The molecule has 0 aliphatic heterocycles. The van der Waals surface area contributed by atoms with E-state index in [1.54, 1.807) is 6.07 Å². The van der Waals surface area contributed by atoms with Crippen LogP contribution >= 0.6 is 22.6 Å². The summed E-state index contributed by atoms with van der Waals surface area (Å²) < 4.78 is -0.0886. The third kappa shape index (κ3) is 2.78. The smallest absolute Gasteiger partial charge is 0.118 e. The minimum absolute atomic E-state index is 0.0886. The number of phenolic OH excluding ortho intramolecular Hbond substituents is 1. The monoisotopic (exact) mass is 366 g/mol. The predicted octanol–water partition coefficient (Wildman–Crippen LogP) is 5.02. The maximum Gasteiger partial charge on any atom is 0.118 e. The molecular formula is C17H19IO. The number of benzene rings is 2. The van der Waals surface area contributed by atoms with Crippen LogP contribution < -0.4 is 0 Å². The second kappa shape index (κ2) is 5.16. The molecule has 0 fully saturated rings. The van der Waals surface area contributed by atoms with Crippen LogP contribution in [0.25, 0.3) is 0 Å². The van der Waals surface area contributed by atoms with Crippen LogP contribution in [-0.4, -0.2) is 5.11 Å². The summed E-state index contributed by atoms with van der Waals surface area (Å²) in [5.74, 6) is 0.357. The van der Waals surface area contributed by atoms with Crippen LogP contribution in [0, 0.1) is 20.8 Å². The molecule has 0 radical (unpaired) electrons. The summed E-state index contributed by atoms with van der Waals surface area (Å²) in [6, 6.07) is 12.5. The fraction of sp³-hybridized carbons (Fsp3) is 0.294. The number of hydrogen-bond donors (Lipinski definition) is 1. The van der Waals surface area contributed by atoms with Crippen LogP contribution in [0.15, 0.2) is 36.4 Å². The molecule has 1 unspecified atom stereocenters. The summed E-state index contributed by atoms with van der Waals surface area (Å²) >= 11 is 2.48. The Labute approximate surface area is 128 Å². The molecule has 0 heterocycles. The minimum Gasteiger partial charge on any atom is -0.508 e. The molecule has 0 amide bonds. The van der Waals surface area contributed by atoms with Crippen LogP contribution in [-0.2, 0) is 3.42 Å². The SMILES string of the molecule is Cc1ccc(C(C)(I)c2ccc(O)c(C)c2)cc1C. The van der Waals surface area contributed by atoms with Gasteiger partial charge in [-0.2, -0.15) is 0 Å². The van der Waals surface area contributed by atoms with Gasteiger partial charge in [0.1, 0.15) is 5.75 Å². The highest BCUT2D eigenvalue weighted by Gasteiger charge is 2.26. The molecule has 0 aliphatic rings. The van der Waals surface area contributed by atoms with Gasteiger partial charge in [-0.05, 0) is 61.6 Å². The van der Waals surface area contributed by atoms with E-state index < -0.39 is 0 Å². The van der Waals surface area contributed by atoms with Gasteiger partial charge in [-0.1, -0.05) is 52.9 Å². The number of aromatic hydroxyl groups is 1. The van der Waals surface area contributed by atoms with Crippen molar-refractivity contribution in [1.82, 2.24) is 0 Å². The van der Waals surface area contributed by atoms with Crippen molar-refractivity contribution in [3.05, 3.63) is 64.2 Å². The zero-order valence-corrected chi connectivity index (χ0v) is 13.9. The number of hydrogen-bond acceptors (Lipinski definition) is 1. The number of aryl methyl sites for hydroxylation is 3. The van der Waals surface area contributed by atoms with Crippen molar-refractivity contribution >= 4 is 22.6 Å². The summed E-state index contributed by atoms with van der Waals surface area (Å²) in [6.45, 7) is 8.43. The van der Waals surface area contributed by atoms with Crippen molar-refractivity contribution in [2.75, 3.05) is 0 Å². The van der Waals surface area contributed by atoms with Gasteiger partial charge in [-0.15, -0.1) is 0 Å². The molecule has 2 aromatic carbocycles. The van der Waals surface area contributed by atoms with Gasteiger partial charge in [0.2, 0.25) is 0 Å². The van der Waals surface area contributed by atoms with Gasteiger partial charge < -0.3 is 5.11 Å². The first-order valence-corrected chi connectivity index (χ1v) is 7.47. The molecule has 0 aromatic heterocycles. The van der Waals surface area contributed by atoms with E-state index in [4.69, 9.17) is 0 Å². The lowest BCUT2D eigenvalue weighted by atomic mass is 9.90. The Kier molecular flexibility index (Phi) is 3.90. The van der Waals surface area contributed by atoms with E-state index in [9.17, 15) is 5.11 Å². The fourth-order valence-electron chi connectivity index (χ4n) is 2.15. The molecule has 2 heteroatoms. The molecule has 0 spiro atoms. The molecule has 0 saturated carbocycles. The average molecular weight is 366 g/mol. The van der Waals surface area contributed by atoms with E-state index in [-0.39, 0.29) is 3.42 Å². The van der Waals surface area contributed by atoms with Gasteiger partial charge in [0.05, 0.1) is 3.42 Å². The van der Waals surface area contributed by atoms with E-state index in [2.05, 4.69) is 67.6 Å². The Morgan fingerprint density at radius 2 is 1.37 bits per heavy atom. The number of phenols is 1. The van der Waals surface area contributed by atoms with Crippen LogP contribution in [0.5, 0.6) is 5.75 Å². The molecule has 1 N–H and O–H groups in total. The van der Waals surface area contributed by atoms with E-state index >= 15 is 0 Å². The van der Waals surface area contributed by atoms with E-state index in [0.29, 0.717) is 5.75 Å². The van der Waals surface area contributed by atoms with Gasteiger partial charge in [-0.25, -0.2) is 0 Å². The van der Waals surface area contributed by atoms with Gasteiger partial charge >= 0.3 is 0 Å². The lowest BCUT2D eigenvalue weighted by Gasteiger charge is -2.25. The maximum absolute atomic E-state index is 9.66. The predicted molar refractivity (Wildman–Crippen MR) is 89.2 cm³/mol. The summed E-state index contributed by atoms with van der Waals surface area (Å²) in [7, 11) is 0. The Bertz CT molecular complexity index is 561. The first-order valence-electron chi connectivity index (χ1n) is 6.39. The first-order chi connectivity index (χ1) is 8.82. The average Bonchev–Trinajstić information content (AvgIpc) is 2.35. The van der Waals surface area contributed by atoms with Crippen molar-refractivity contribution in [2.24, 2.45) is 0 Å². The summed E-state index contributed by atoms with van der Waals surface area (Å²) in [5.41, 5.74) is 6.06. The second-order valence-electron chi connectivity index (χ2n) is 5.30. The summed E-state index contributed by atoms with van der Waals surface area (Å²) in [6.07, 6.45) is 0. The van der Waals surface area contributed by atoms with Crippen molar-refractivity contribution in [3.63, 3.8) is 0 Å². The van der Waals surface area contributed by atoms with Crippen molar-refractivity contribution in [2.45, 2.75) is 31.1 Å². The number of halogens is 1. The second-order valence-corrected chi connectivity index (χ2v) is 7.46. The Balaban J connectivity index is 2.51. The van der Waals surface area contributed by atoms with Crippen molar-refractivity contribution < 1.29 is 5.11 Å². The topological polar surface area (TPSA) is 20.2 Å². The summed E-state index contributed by atoms with van der Waals surface area (Å²) in [4.78, 5) is 0. The Morgan fingerprint density at radius 1 is 0.842 bits per heavy atom. The highest BCUT2D eigenvalue weighted by molar-refractivity contribution is 14.1. The first kappa shape index (κ1) is 14.4. The van der Waals surface area contributed by atoms with Crippen LogP contribution in [0.2, 0.25) is 0 Å².